The molecule has 1 heterocycles. The van der Waals surface area contributed by atoms with Crippen LogP contribution in [0, 0.1) is 5.82 Å². The van der Waals surface area contributed by atoms with E-state index in [1.54, 1.807) is 0 Å². The summed E-state index contributed by atoms with van der Waals surface area (Å²) >= 11 is 0. The molecule has 1 unspecified atom stereocenters. The predicted octanol–water partition coefficient (Wildman–Crippen LogP) is 1.62. The SMILES string of the molecule is COc1ccc(F)cc1C1CNC(=O)O1. The van der Waals surface area contributed by atoms with Crippen LogP contribution in [0.5, 0.6) is 5.75 Å². The molecule has 80 valence electrons. The monoisotopic (exact) mass is 211 g/mol. The Morgan fingerprint density at radius 1 is 1.60 bits per heavy atom. The highest BCUT2D eigenvalue weighted by Crippen LogP contribution is 2.30. The van der Waals surface area contributed by atoms with E-state index < -0.39 is 12.2 Å². The van der Waals surface area contributed by atoms with Crippen molar-refractivity contribution in [3.8, 4) is 5.75 Å². The van der Waals surface area contributed by atoms with Gasteiger partial charge in [-0.05, 0) is 18.2 Å². The summed E-state index contributed by atoms with van der Waals surface area (Å²) in [6.07, 6.45) is -0.977. The van der Waals surface area contributed by atoms with E-state index in [1.165, 1.54) is 25.3 Å². The molecule has 0 saturated carbocycles. The first-order valence-corrected chi connectivity index (χ1v) is 4.48. The second-order valence-electron chi connectivity index (χ2n) is 3.16. The number of cyclic esters (lactones) is 1. The standard InChI is InChI=1S/C10H10FNO3/c1-14-8-3-2-6(11)4-7(8)9-5-12-10(13)15-9/h2-4,9H,5H2,1H3,(H,12,13). The van der Waals surface area contributed by atoms with E-state index in [-0.39, 0.29) is 5.82 Å². The summed E-state index contributed by atoms with van der Waals surface area (Å²) in [5.41, 5.74) is 0.538. The summed E-state index contributed by atoms with van der Waals surface area (Å²) in [5, 5.41) is 2.50. The van der Waals surface area contributed by atoms with Gasteiger partial charge in [0.05, 0.1) is 13.7 Å². The van der Waals surface area contributed by atoms with Crippen molar-refractivity contribution >= 4 is 6.09 Å². The zero-order chi connectivity index (χ0) is 10.8. The molecule has 2 rings (SSSR count). The van der Waals surface area contributed by atoms with Gasteiger partial charge in [0.25, 0.3) is 0 Å². The Bertz CT molecular complexity index is 394. The molecule has 0 aromatic heterocycles. The average Bonchev–Trinajstić information content (AvgIpc) is 2.65. The minimum Gasteiger partial charge on any atom is -0.496 e. The normalized spacial score (nSPS) is 19.6. The molecule has 1 atom stereocenters. The van der Waals surface area contributed by atoms with Gasteiger partial charge in [-0.1, -0.05) is 0 Å². The molecule has 1 amide bonds. The van der Waals surface area contributed by atoms with E-state index in [1.807, 2.05) is 0 Å². The van der Waals surface area contributed by atoms with Crippen molar-refractivity contribution < 1.29 is 18.7 Å². The Balaban J connectivity index is 2.33. The first-order valence-electron chi connectivity index (χ1n) is 4.48. The number of hydrogen-bond acceptors (Lipinski definition) is 3. The van der Waals surface area contributed by atoms with Crippen LogP contribution in [0.1, 0.15) is 11.7 Å². The number of amides is 1. The molecule has 1 fully saturated rings. The highest BCUT2D eigenvalue weighted by Gasteiger charge is 2.27. The van der Waals surface area contributed by atoms with Gasteiger partial charge < -0.3 is 14.8 Å². The van der Waals surface area contributed by atoms with Crippen molar-refractivity contribution in [3.05, 3.63) is 29.6 Å². The van der Waals surface area contributed by atoms with Crippen molar-refractivity contribution in [1.29, 1.82) is 0 Å². The number of halogens is 1. The molecule has 1 saturated heterocycles. The third-order valence-electron chi connectivity index (χ3n) is 2.22. The van der Waals surface area contributed by atoms with Crippen LogP contribution in [0.3, 0.4) is 0 Å². The van der Waals surface area contributed by atoms with Crippen LogP contribution < -0.4 is 10.1 Å². The van der Waals surface area contributed by atoms with Gasteiger partial charge in [-0.2, -0.15) is 0 Å². The van der Waals surface area contributed by atoms with Crippen LogP contribution in [0.2, 0.25) is 0 Å². The minimum absolute atomic E-state index is 0.332. The highest BCUT2D eigenvalue weighted by atomic mass is 19.1. The molecule has 0 aliphatic carbocycles. The number of ether oxygens (including phenoxy) is 2. The fourth-order valence-electron chi connectivity index (χ4n) is 1.52. The molecule has 4 nitrogen and oxygen atoms in total. The molecular weight excluding hydrogens is 201 g/mol. The van der Waals surface area contributed by atoms with Gasteiger partial charge in [0.2, 0.25) is 0 Å². The molecule has 1 aromatic carbocycles. The first-order chi connectivity index (χ1) is 7.20. The molecule has 0 bridgehead atoms. The lowest BCUT2D eigenvalue weighted by atomic mass is 10.1. The third kappa shape index (κ3) is 1.86. The fraction of sp³-hybridized carbons (Fsp3) is 0.300. The molecule has 0 radical (unpaired) electrons. The van der Waals surface area contributed by atoms with Crippen molar-refractivity contribution in [3.63, 3.8) is 0 Å². The number of rotatable bonds is 2. The van der Waals surface area contributed by atoms with E-state index in [0.717, 1.165) is 0 Å². The largest absolute Gasteiger partial charge is 0.496 e. The summed E-state index contributed by atoms with van der Waals surface area (Å²) in [6.45, 7) is 0.332. The van der Waals surface area contributed by atoms with E-state index in [2.05, 4.69) is 5.32 Å². The first kappa shape index (κ1) is 9.76. The predicted molar refractivity (Wildman–Crippen MR) is 50.2 cm³/mol. The van der Waals surface area contributed by atoms with E-state index >= 15 is 0 Å². The maximum Gasteiger partial charge on any atom is 0.407 e. The average molecular weight is 211 g/mol. The Morgan fingerprint density at radius 3 is 3.00 bits per heavy atom. The topological polar surface area (TPSA) is 47.6 Å². The number of hydrogen-bond donors (Lipinski definition) is 1. The molecule has 1 aliphatic heterocycles. The molecule has 5 heteroatoms. The second-order valence-corrected chi connectivity index (χ2v) is 3.16. The van der Waals surface area contributed by atoms with Crippen LogP contribution in [-0.4, -0.2) is 19.7 Å². The molecule has 1 aromatic rings. The van der Waals surface area contributed by atoms with Gasteiger partial charge in [0, 0.05) is 5.56 Å². The maximum atomic E-state index is 13.0. The molecule has 0 spiro atoms. The molecule has 1 aliphatic rings. The Kier molecular flexibility index (Phi) is 2.45. The number of carbonyl (C=O) groups excluding carboxylic acids is 1. The van der Waals surface area contributed by atoms with Gasteiger partial charge >= 0.3 is 6.09 Å². The van der Waals surface area contributed by atoms with Crippen molar-refractivity contribution in [1.82, 2.24) is 5.32 Å². The Labute approximate surface area is 86.0 Å². The number of benzene rings is 1. The van der Waals surface area contributed by atoms with Crippen LogP contribution in [0.15, 0.2) is 18.2 Å². The molecule has 1 N–H and O–H groups in total. The van der Waals surface area contributed by atoms with Crippen molar-refractivity contribution in [2.45, 2.75) is 6.10 Å². The minimum atomic E-state index is -0.494. The number of alkyl carbamates (subject to hydrolysis) is 1. The summed E-state index contributed by atoms with van der Waals surface area (Å²) < 4.78 is 23.0. The second kappa shape index (κ2) is 3.76. The van der Waals surface area contributed by atoms with Gasteiger partial charge in [-0.3, -0.25) is 0 Å². The third-order valence-corrected chi connectivity index (χ3v) is 2.22. The fourth-order valence-corrected chi connectivity index (χ4v) is 1.52. The van der Waals surface area contributed by atoms with Crippen molar-refractivity contribution in [2.75, 3.05) is 13.7 Å². The number of methoxy groups -OCH3 is 1. The lowest BCUT2D eigenvalue weighted by Gasteiger charge is -2.12. The molecule has 15 heavy (non-hydrogen) atoms. The van der Waals surface area contributed by atoms with Crippen LogP contribution in [-0.2, 0) is 4.74 Å². The zero-order valence-electron chi connectivity index (χ0n) is 8.12. The van der Waals surface area contributed by atoms with E-state index in [9.17, 15) is 9.18 Å². The number of nitrogens with one attached hydrogen (secondary N) is 1. The van der Waals surface area contributed by atoms with Gasteiger partial charge in [-0.15, -0.1) is 0 Å². The Hall–Kier alpha value is -1.78. The van der Waals surface area contributed by atoms with Crippen LogP contribution >= 0.6 is 0 Å². The van der Waals surface area contributed by atoms with Crippen LogP contribution in [0.25, 0.3) is 0 Å². The quantitative estimate of drug-likeness (QED) is 0.808. The molecular formula is C10H10FNO3. The summed E-state index contributed by atoms with van der Waals surface area (Å²) in [5.74, 6) is 0.131. The lowest BCUT2D eigenvalue weighted by molar-refractivity contribution is 0.139. The maximum absolute atomic E-state index is 13.0. The summed E-state index contributed by atoms with van der Waals surface area (Å²) in [4.78, 5) is 10.8. The van der Waals surface area contributed by atoms with E-state index in [4.69, 9.17) is 9.47 Å². The van der Waals surface area contributed by atoms with Crippen LogP contribution in [0.4, 0.5) is 9.18 Å². The van der Waals surface area contributed by atoms with Crippen molar-refractivity contribution in [2.24, 2.45) is 0 Å². The summed E-state index contributed by atoms with van der Waals surface area (Å²) in [7, 11) is 1.49. The highest BCUT2D eigenvalue weighted by molar-refractivity contribution is 5.70. The van der Waals surface area contributed by atoms with Gasteiger partial charge in [0.15, 0.2) is 0 Å². The number of carbonyl (C=O) groups is 1. The lowest BCUT2D eigenvalue weighted by Crippen LogP contribution is -2.12. The zero-order valence-corrected chi connectivity index (χ0v) is 8.12. The Morgan fingerprint density at radius 2 is 2.40 bits per heavy atom. The summed E-state index contributed by atoms with van der Waals surface area (Å²) in [6, 6.07) is 4.12. The van der Waals surface area contributed by atoms with E-state index in [0.29, 0.717) is 17.9 Å². The van der Waals surface area contributed by atoms with Gasteiger partial charge in [0.1, 0.15) is 17.7 Å². The smallest absolute Gasteiger partial charge is 0.407 e. The van der Waals surface area contributed by atoms with Gasteiger partial charge in [-0.25, -0.2) is 9.18 Å².